The summed E-state index contributed by atoms with van der Waals surface area (Å²) in [5.74, 6) is -0.586. The number of rotatable bonds is 13. The van der Waals surface area contributed by atoms with Gasteiger partial charge in [0, 0.05) is 6.42 Å². The summed E-state index contributed by atoms with van der Waals surface area (Å²) in [5, 5.41) is 0. The van der Waals surface area contributed by atoms with E-state index in [9.17, 15) is 9.00 Å². The fourth-order valence-electron chi connectivity index (χ4n) is 2.05. The maximum absolute atomic E-state index is 10.9. The normalized spacial score (nSPS) is 12.3. The zero-order valence-electron chi connectivity index (χ0n) is 12.1. The highest BCUT2D eigenvalue weighted by molar-refractivity contribution is 7.74. The highest BCUT2D eigenvalue weighted by Gasteiger charge is 2.05. The number of hydrogen-bond donors (Lipinski definition) is 1. The van der Waals surface area contributed by atoms with Gasteiger partial charge in [0.15, 0.2) is 0 Å². The Bertz CT molecular complexity index is 244. The number of carbonyl (C=O) groups is 1. The summed E-state index contributed by atoms with van der Waals surface area (Å²) in [6.07, 6.45) is 13.6. The number of carbonyl (C=O) groups excluding carboxylic acids is 1. The van der Waals surface area contributed by atoms with Crippen molar-refractivity contribution < 1.29 is 17.7 Å². The van der Waals surface area contributed by atoms with Crippen LogP contribution in [0.1, 0.15) is 84.0 Å². The second-order valence-corrected chi connectivity index (χ2v) is 5.56. The minimum atomic E-state index is -2.46. The summed E-state index contributed by atoms with van der Waals surface area (Å²) < 4.78 is 22.6. The zero-order valence-corrected chi connectivity index (χ0v) is 12.9. The molecule has 1 unspecified atom stereocenters. The first-order valence-corrected chi connectivity index (χ1v) is 8.52. The molecule has 1 N–H and O–H groups in total. The molecule has 0 aromatic carbocycles. The molecule has 0 saturated carbocycles. The molecule has 0 heterocycles. The van der Waals surface area contributed by atoms with Gasteiger partial charge in [-0.25, -0.2) is 0 Å². The molecule has 0 spiro atoms. The fourth-order valence-corrected chi connectivity index (χ4v) is 2.30. The smallest absolute Gasteiger partial charge is 0.343 e. The standard InChI is InChI=1S/C14H28O4S/c1-2-3-4-5-6-7-8-9-10-11-12-13-14(15)18-19(16)17/h2-13H2,1H3,(H,16,17). The van der Waals surface area contributed by atoms with Gasteiger partial charge in [0.1, 0.15) is 0 Å². The van der Waals surface area contributed by atoms with Crippen LogP contribution in [-0.2, 0) is 20.3 Å². The quantitative estimate of drug-likeness (QED) is 0.404. The predicted octanol–water partition coefficient (Wildman–Crippen LogP) is 4.37. The van der Waals surface area contributed by atoms with Crippen LogP contribution in [0, 0.1) is 0 Å². The van der Waals surface area contributed by atoms with Gasteiger partial charge < -0.3 is 4.18 Å². The number of hydrogen-bond acceptors (Lipinski definition) is 3. The van der Waals surface area contributed by atoms with Crippen LogP contribution in [0.3, 0.4) is 0 Å². The average Bonchev–Trinajstić information content (AvgIpc) is 2.35. The molecular formula is C14H28O4S. The maximum Gasteiger partial charge on any atom is 0.360 e. The second-order valence-electron chi connectivity index (χ2n) is 4.96. The third kappa shape index (κ3) is 15.5. The lowest BCUT2D eigenvalue weighted by Gasteiger charge is -2.02. The van der Waals surface area contributed by atoms with Crippen molar-refractivity contribution in [1.29, 1.82) is 0 Å². The molecule has 1 atom stereocenters. The molecular weight excluding hydrogens is 264 g/mol. The van der Waals surface area contributed by atoms with Crippen LogP contribution in [0.5, 0.6) is 0 Å². The lowest BCUT2D eigenvalue weighted by atomic mass is 10.1. The molecule has 0 saturated heterocycles. The summed E-state index contributed by atoms with van der Waals surface area (Å²) in [6, 6.07) is 0. The molecule has 5 heteroatoms. The van der Waals surface area contributed by atoms with Gasteiger partial charge in [-0.1, -0.05) is 71.1 Å². The maximum atomic E-state index is 10.9. The van der Waals surface area contributed by atoms with E-state index in [1.54, 1.807) is 0 Å². The summed E-state index contributed by atoms with van der Waals surface area (Å²) in [5.41, 5.74) is 0. The molecule has 0 aliphatic carbocycles. The van der Waals surface area contributed by atoms with E-state index in [4.69, 9.17) is 4.55 Å². The van der Waals surface area contributed by atoms with Crippen molar-refractivity contribution in [1.82, 2.24) is 0 Å². The molecule has 114 valence electrons. The summed E-state index contributed by atoms with van der Waals surface area (Å²) in [6.45, 7) is 2.23. The fraction of sp³-hybridized carbons (Fsp3) is 0.929. The van der Waals surface area contributed by atoms with Gasteiger partial charge in [0.2, 0.25) is 0 Å². The van der Waals surface area contributed by atoms with E-state index >= 15 is 0 Å². The number of unbranched alkanes of at least 4 members (excludes halogenated alkanes) is 10. The Morgan fingerprint density at radius 2 is 1.32 bits per heavy atom. The van der Waals surface area contributed by atoms with Crippen molar-refractivity contribution in [3.63, 3.8) is 0 Å². The Morgan fingerprint density at radius 3 is 1.74 bits per heavy atom. The first-order chi connectivity index (χ1) is 9.16. The Morgan fingerprint density at radius 1 is 0.895 bits per heavy atom. The minimum absolute atomic E-state index is 0.239. The summed E-state index contributed by atoms with van der Waals surface area (Å²) in [7, 11) is 0. The lowest BCUT2D eigenvalue weighted by molar-refractivity contribution is -0.134. The van der Waals surface area contributed by atoms with Crippen molar-refractivity contribution in [2.24, 2.45) is 0 Å². The van der Waals surface area contributed by atoms with Crippen LogP contribution >= 0.6 is 0 Å². The van der Waals surface area contributed by atoms with E-state index in [1.807, 2.05) is 0 Å². The molecule has 0 aromatic heterocycles. The van der Waals surface area contributed by atoms with E-state index in [-0.39, 0.29) is 6.42 Å². The Kier molecular flexibility index (Phi) is 13.7. The zero-order chi connectivity index (χ0) is 14.3. The van der Waals surface area contributed by atoms with E-state index < -0.39 is 17.3 Å². The molecule has 19 heavy (non-hydrogen) atoms. The topological polar surface area (TPSA) is 63.6 Å². The van der Waals surface area contributed by atoms with Gasteiger partial charge in [-0.05, 0) is 6.42 Å². The highest BCUT2D eigenvalue weighted by atomic mass is 32.2. The lowest BCUT2D eigenvalue weighted by Crippen LogP contribution is -2.05. The van der Waals surface area contributed by atoms with Crippen molar-refractivity contribution >= 4 is 17.3 Å². The first-order valence-electron chi connectivity index (χ1n) is 7.48. The Balaban J connectivity index is 3.10. The second kappa shape index (κ2) is 14.0. The van der Waals surface area contributed by atoms with Crippen LogP contribution in [0.4, 0.5) is 0 Å². The molecule has 4 nitrogen and oxygen atoms in total. The van der Waals surface area contributed by atoms with Crippen molar-refractivity contribution in [3.8, 4) is 0 Å². The minimum Gasteiger partial charge on any atom is -0.343 e. The molecule has 0 rings (SSSR count). The molecule has 0 aromatic rings. The van der Waals surface area contributed by atoms with Gasteiger partial charge in [-0.15, -0.1) is 0 Å². The molecule has 0 aliphatic rings. The van der Waals surface area contributed by atoms with Crippen molar-refractivity contribution in [3.05, 3.63) is 0 Å². The summed E-state index contributed by atoms with van der Waals surface area (Å²) >= 11 is -2.46. The average molecular weight is 292 g/mol. The van der Waals surface area contributed by atoms with Gasteiger partial charge in [0.05, 0.1) is 0 Å². The largest absolute Gasteiger partial charge is 0.360 e. The third-order valence-electron chi connectivity index (χ3n) is 3.15. The van der Waals surface area contributed by atoms with E-state index in [0.717, 1.165) is 19.3 Å². The van der Waals surface area contributed by atoms with Gasteiger partial charge in [-0.2, -0.15) is 4.21 Å². The molecule has 0 amide bonds. The van der Waals surface area contributed by atoms with Crippen LogP contribution < -0.4 is 0 Å². The summed E-state index contributed by atoms with van der Waals surface area (Å²) in [4.78, 5) is 10.9. The Hall–Kier alpha value is -0.420. The predicted molar refractivity (Wildman–Crippen MR) is 77.9 cm³/mol. The highest BCUT2D eigenvalue weighted by Crippen LogP contribution is 2.12. The van der Waals surface area contributed by atoms with Crippen LogP contribution in [0.25, 0.3) is 0 Å². The molecule has 0 radical (unpaired) electrons. The van der Waals surface area contributed by atoms with Crippen LogP contribution in [0.2, 0.25) is 0 Å². The third-order valence-corrected chi connectivity index (χ3v) is 3.48. The van der Waals surface area contributed by atoms with E-state index in [1.165, 1.54) is 51.4 Å². The molecule has 0 fully saturated rings. The van der Waals surface area contributed by atoms with Gasteiger partial charge in [0.25, 0.3) is 0 Å². The van der Waals surface area contributed by atoms with Crippen molar-refractivity contribution in [2.75, 3.05) is 0 Å². The van der Waals surface area contributed by atoms with Gasteiger partial charge in [-0.3, -0.25) is 9.35 Å². The monoisotopic (exact) mass is 292 g/mol. The van der Waals surface area contributed by atoms with E-state index in [0.29, 0.717) is 0 Å². The van der Waals surface area contributed by atoms with Crippen LogP contribution in [0.15, 0.2) is 0 Å². The molecule has 0 bridgehead atoms. The SMILES string of the molecule is CCCCCCCCCCCCCC(=O)OS(=O)O. The Labute approximate surface area is 119 Å². The van der Waals surface area contributed by atoms with Gasteiger partial charge >= 0.3 is 17.3 Å². The first kappa shape index (κ1) is 18.6. The van der Waals surface area contributed by atoms with E-state index in [2.05, 4.69) is 11.1 Å². The van der Waals surface area contributed by atoms with Crippen LogP contribution in [-0.4, -0.2) is 14.7 Å². The van der Waals surface area contributed by atoms with Crippen molar-refractivity contribution in [2.45, 2.75) is 84.0 Å². The molecule has 0 aliphatic heterocycles.